The predicted molar refractivity (Wildman–Crippen MR) is 154 cm³/mol. The van der Waals surface area contributed by atoms with Crippen LogP contribution in [0.2, 0.25) is 0 Å². The number of aromatic nitrogens is 4. The number of pyridine rings is 1. The van der Waals surface area contributed by atoms with E-state index in [9.17, 15) is 0 Å². The van der Waals surface area contributed by atoms with E-state index in [4.69, 9.17) is 19.9 Å². The summed E-state index contributed by atoms with van der Waals surface area (Å²) in [7, 11) is 0. The van der Waals surface area contributed by atoms with Crippen molar-refractivity contribution in [2.24, 2.45) is 5.41 Å². The van der Waals surface area contributed by atoms with Gasteiger partial charge in [0.1, 0.15) is 5.82 Å². The van der Waals surface area contributed by atoms with Crippen molar-refractivity contribution < 1.29 is 20.1 Å². The molecule has 2 aliphatic carbocycles. The average molecular weight is 701 g/mol. The van der Waals surface area contributed by atoms with Crippen LogP contribution in [0, 0.1) is 11.5 Å². The van der Waals surface area contributed by atoms with Crippen LogP contribution in [0.4, 0.5) is 5.95 Å². The number of hydrogen-bond acceptors (Lipinski definition) is 5. The minimum absolute atomic E-state index is 0. The van der Waals surface area contributed by atoms with Gasteiger partial charge in [-0.2, -0.15) is 9.97 Å². The topological polar surface area (TPSA) is 54.8 Å². The van der Waals surface area contributed by atoms with Crippen LogP contribution in [0.3, 0.4) is 0 Å². The maximum absolute atomic E-state index is 5.00. The average Bonchev–Trinajstić information content (AvgIpc) is 3.51. The molecule has 1 aliphatic heterocycles. The van der Waals surface area contributed by atoms with Crippen LogP contribution in [0.15, 0.2) is 30.5 Å². The Morgan fingerprint density at radius 3 is 2.18 bits per heavy atom. The second-order valence-electron chi connectivity index (χ2n) is 13.3. The SMILES string of the molecule is CC1(C)c2c[c-]c(-c3ccc(-c4nc(C5CCCCC5)nc(N5CCCC5)n4)cn3)cc2C(C)(C)C1(C)C.[Ir]. The molecule has 0 spiro atoms. The van der Waals surface area contributed by atoms with E-state index in [1.165, 1.54) is 56.1 Å². The number of benzene rings is 1. The first-order valence-electron chi connectivity index (χ1n) is 14.6. The van der Waals surface area contributed by atoms with E-state index in [0.717, 1.165) is 47.5 Å². The van der Waals surface area contributed by atoms with Gasteiger partial charge in [-0.3, -0.25) is 0 Å². The molecule has 3 aromatic rings. The molecule has 1 saturated carbocycles. The van der Waals surface area contributed by atoms with Crippen molar-refractivity contribution in [3.8, 4) is 22.6 Å². The minimum Gasteiger partial charge on any atom is -0.341 e. The van der Waals surface area contributed by atoms with Crippen LogP contribution in [0.25, 0.3) is 22.6 Å². The van der Waals surface area contributed by atoms with Crippen LogP contribution >= 0.6 is 0 Å². The molecule has 0 amide bonds. The quantitative estimate of drug-likeness (QED) is 0.262. The summed E-state index contributed by atoms with van der Waals surface area (Å²) in [6, 6.07) is 12.3. The summed E-state index contributed by atoms with van der Waals surface area (Å²) in [4.78, 5) is 22.1. The summed E-state index contributed by atoms with van der Waals surface area (Å²) in [6.07, 6.45) is 10.6. The molecule has 3 aliphatic rings. The van der Waals surface area contributed by atoms with Crippen molar-refractivity contribution in [3.63, 3.8) is 0 Å². The van der Waals surface area contributed by atoms with Crippen molar-refractivity contribution >= 4 is 5.95 Å². The molecular formula is C33H42IrN5-. The molecule has 6 heteroatoms. The monoisotopic (exact) mass is 701 g/mol. The Morgan fingerprint density at radius 1 is 0.821 bits per heavy atom. The summed E-state index contributed by atoms with van der Waals surface area (Å²) in [5.74, 6) is 3.01. The van der Waals surface area contributed by atoms with Crippen LogP contribution in [-0.2, 0) is 30.9 Å². The first-order chi connectivity index (χ1) is 18.1. The zero-order chi connectivity index (χ0) is 26.7. The summed E-state index contributed by atoms with van der Waals surface area (Å²) >= 11 is 0. The maximum Gasteiger partial charge on any atom is 0.229 e. The molecule has 0 bridgehead atoms. The molecule has 0 atom stereocenters. The minimum atomic E-state index is 0. The molecule has 209 valence electrons. The standard InChI is InChI=1S/C33H42N5.Ir/c1-31(2)25-16-14-23(20-26(25)32(3,4)33(31,5)6)27-17-15-24(21-34-27)29-35-28(22-12-8-7-9-13-22)36-30(37-29)38-18-10-11-19-38;/h15-17,20-22H,7-13,18-19H2,1-6H3;/q-1;. The van der Waals surface area contributed by atoms with E-state index in [2.05, 4.69) is 76.8 Å². The van der Waals surface area contributed by atoms with Crippen molar-refractivity contribution in [2.75, 3.05) is 18.0 Å². The Bertz CT molecular complexity index is 1330. The third-order valence-electron chi connectivity index (χ3n) is 10.7. The van der Waals surface area contributed by atoms with E-state index < -0.39 is 0 Å². The van der Waals surface area contributed by atoms with Gasteiger partial charge in [0.2, 0.25) is 5.95 Å². The molecule has 39 heavy (non-hydrogen) atoms. The Hall–Kier alpha value is -2.17. The zero-order valence-corrected chi connectivity index (χ0v) is 26.8. The second-order valence-corrected chi connectivity index (χ2v) is 13.3. The van der Waals surface area contributed by atoms with Crippen molar-refractivity contribution in [2.45, 2.75) is 103 Å². The zero-order valence-electron chi connectivity index (χ0n) is 24.4. The van der Waals surface area contributed by atoms with Crippen LogP contribution < -0.4 is 4.90 Å². The molecule has 2 aromatic heterocycles. The van der Waals surface area contributed by atoms with E-state index in [1.54, 1.807) is 0 Å². The summed E-state index contributed by atoms with van der Waals surface area (Å²) in [6.45, 7) is 16.3. The predicted octanol–water partition coefficient (Wildman–Crippen LogP) is 7.64. The van der Waals surface area contributed by atoms with Gasteiger partial charge in [-0.25, -0.2) is 4.98 Å². The summed E-state index contributed by atoms with van der Waals surface area (Å²) in [5, 5.41) is 0. The molecule has 2 fully saturated rings. The van der Waals surface area contributed by atoms with E-state index in [-0.39, 0.29) is 36.4 Å². The second kappa shape index (κ2) is 10.3. The largest absolute Gasteiger partial charge is 0.341 e. The van der Waals surface area contributed by atoms with Crippen molar-refractivity contribution in [3.05, 3.63) is 53.5 Å². The fraction of sp³-hybridized carbons (Fsp3) is 0.576. The Balaban J connectivity index is 0.00000308. The van der Waals surface area contributed by atoms with Gasteiger partial charge in [-0.1, -0.05) is 72.9 Å². The number of anilines is 1. The summed E-state index contributed by atoms with van der Waals surface area (Å²) < 4.78 is 0. The third-order valence-corrected chi connectivity index (χ3v) is 10.7. The van der Waals surface area contributed by atoms with Crippen LogP contribution in [-0.4, -0.2) is 33.0 Å². The molecule has 1 radical (unpaired) electrons. The molecule has 1 saturated heterocycles. The molecular weight excluding hydrogens is 659 g/mol. The van der Waals surface area contributed by atoms with E-state index >= 15 is 0 Å². The fourth-order valence-electron chi connectivity index (χ4n) is 6.93. The van der Waals surface area contributed by atoms with Gasteiger partial charge in [0.25, 0.3) is 0 Å². The summed E-state index contributed by atoms with van der Waals surface area (Å²) in [5.41, 5.74) is 6.04. The smallest absolute Gasteiger partial charge is 0.229 e. The third kappa shape index (κ3) is 4.66. The van der Waals surface area contributed by atoms with E-state index in [1.807, 2.05) is 6.20 Å². The van der Waals surface area contributed by atoms with E-state index in [0.29, 0.717) is 5.92 Å². The van der Waals surface area contributed by atoms with Crippen molar-refractivity contribution in [1.29, 1.82) is 0 Å². The number of rotatable bonds is 4. The van der Waals surface area contributed by atoms with Gasteiger partial charge in [-0.15, -0.1) is 34.9 Å². The molecule has 5 nitrogen and oxygen atoms in total. The Labute approximate surface area is 248 Å². The molecule has 1 aromatic carbocycles. The normalized spacial score (nSPS) is 21.4. The molecule has 0 unspecified atom stereocenters. The van der Waals surface area contributed by atoms with Crippen LogP contribution in [0.1, 0.15) is 109 Å². The molecule has 3 heterocycles. The van der Waals surface area contributed by atoms with Gasteiger partial charge in [-0.05, 0) is 47.6 Å². The fourth-order valence-corrected chi connectivity index (χ4v) is 6.93. The first-order valence-corrected chi connectivity index (χ1v) is 14.6. The number of nitrogens with zero attached hydrogens (tertiary/aromatic N) is 5. The molecule has 6 rings (SSSR count). The van der Waals surface area contributed by atoms with Crippen LogP contribution in [0.5, 0.6) is 0 Å². The maximum atomic E-state index is 5.00. The van der Waals surface area contributed by atoms with Gasteiger partial charge >= 0.3 is 0 Å². The van der Waals surface area contributed by atoms with Gasteiger partial charge < -0.3 is 9.88 Å². The first kappa shape index (κ1) is 28.4. The van der Waals surface area contributed by atoms with Gasteiger partial charge in [0.05, 0.1) is 0 Å². The van der Waals surface area contributed by atoms with Gasteiger partial charge in [0.15, 0.2) is 5.82 Å². The number of fused-ring (bicyclic) bond motifs is 1. The van der Waals surface area contributed by atoms with Crippen molar-refractivity contribution in [1.82, 2.24) is 19.9 Å². The molecule has 0 N–H and O–H groups in total. The van der Waals surface area contributed by atoms with Gasteiger partial charge in [0, 0.05) is 50.9 Å². The Kier molecular flexibility index (Phi) is 7.52. The number of hydrogen-bond donors (Lipinski definition) is 0. The Morgan fingerprint density at radius 2 is 1.51 bits per heavy atom.